The standard InChI is InChI=1S/C12H19N3O5S/c1-8-11(9(2)15(13-8)6-3-10(17)18)21(19,20)14-12(7-16)4-5-12/h14,16H,3-7H2,1-2H3,(H,17,18). The summed E-state index contributed by atoms with van der Waals surface area (Å²) in [5.41, 5.74) is -0.0324. The van der Waals surface area contributed by atoms with Gasteiger partial charge < -0.3 is 10.2 Å². The van der Waals surface area contributed by atoms with Gasteiger partial charge in [0.1, 0.15) is 4.90 Å². The number of aliphatic hydroxyl groups excluding tert-OH is 1. The Morgan fingerprint density at radius 3 is 2.52 bits per heavy atom. The van der Waals surface area contributed by atoms with Crippen molar-refractivity contribution in [1.82, 2.24) is 14.5 Å². The smallest absolute Gasteiger partial charge is 0.305 e. The lowest BCUT2D eigenvalue weighted by molar-refractivity contribution is -0.137. The van der Waals surface area contributed by atoms with Crippen molar-refractivity contribution in [3.63, 3.8) is 0 Å². The Kier molecular flexibility index (Phi) is 4.09. The van der Waals surface area contributed by atoms with E-state index in [9.17, 15) is 18.3 Å². The van der Waals surface area contributed by atoms with Crippen LogP contribution in [0.2, 0.25) is 0 Å². The first-order chi connectivity index (χ1) is 9.71. The highest BCUT2D eigenvalue weighted by molar-refractivity contribution is 7.89. The van der Waals surface area contributed by atoms with Crippen molar-refractivity contribution in [3.8, 4) is 0 Å². The molecule has 9 heteroatoms. The lowest BCUT2D eigenvalue weighted by Gasteiger charge is -2.14. The SMILES string of the molecule is Cc1nn(CCC(=O)O)c(C)c1S(=O)(=O)NC1(CO)CC1. The normalized spacial score (nSPS) is 16.9. The minimum Gasteiger partial charge on any atom is -0.481 e. The van der Waals surface area contributed by atoms with Crippen LogP contribution in [0.15, 0.2) is 4.90 Å². The van der Waals surface area contributed by atoms with Gasteiger partial charge in [-0.3, -0.25) is 9.48 Å². The number of aliphatic carboxylic acids is 1. The summed E-state index contributed by atoms with van der Waals surface area (Å²) in [7, 11) is -3.79. The van der Waals surface area contributed by atoms with E-state index in [0.717, 1.165) is 0 Å². The number of hydrogen-bond donors (Lipinski definition) is 3. The summed E-state index contributed by atoms with van der Waals surface area (Å²) < 4.78 is 28.8. The van der Waals surface area contributed by atoms with Gasteiger partial charge >= 0.3 is 5.97 Å². The molecule has 21 heavy (non-hydrogen) atoms. The number of carboxylic acid groups (broad SMARTS) is 1. The molecule has 3 N–H and O–H groups in total. The van der Waals surface area contributed by atoms with Gasteiger partial charge in [-0.1, -0.05) is 0 Å². The summed E-state index contributed by atoms with van der Waals surface area (Å²) in [5.74, 6) is -0.970. The molecule has 1 aromatic rings. The van der Waals surface area contributed by atoms with E-state index in [1.54, 1.807) is 13.8 Å². The molecule has 0 atom stereocenters. The van der Waals surface area contributed by atoms with E-state index in [1.165, 1.54) is 4.68 Å². The maximum absolute atomic E-state index is 12.4. The molecule has 1 aromatic heterocycles. The second kappa shape index (κ2) is 5.39. The van der Waals surface area contributed by atoms with Gasteiger partial charge in [0.05, 0.1) is 36.5 Å². The highest BCUT2D eigenvalue weighted by atomic mass is 32.2. The first-order valence-electron chi connectivity index (χ1n) is 6.61. The Morgan fingerprint density at radius 1 is 1.43 bits per heavy atom. The maximum Gasteiger partial charge on any atom is 0.305 e. The number of rotatable bonds is 7. The third-order valence-electron chi connectivity index (χ3n) is 3.63. The number of aryl methyl sites for hydroxylation is 2. The maximum atomic E-state index is 12.4. The van der Waals surface area contributed by atoms with Gasteiger partial charge in [-0.2, -0.15) is 5.10 Å². The molecule has 0 amide bonds. The molecule has 1 saturated carbocycles. The van der Waals surface area contributed by atoms with Crippen molar-refractivity contribution < 1.29 is 23.4 Å². The number of sulfonamides is 1. The molecule has 2 rings (SSSR count). The summed E-state index contributed by atoms with van der Waals surface area (Å²) in [6.45, 7) is 3.03. The van der Waals surface area contributed by atoms with Gasteiger partial charge in [-0.15, -0.1) is 0 Å². The Balaban J connectivity index is 2.29. The van der Waals surface area contributed by atoms with Crippen molar-refractivity contribution >= 4 is 16.0 Å². The zero-order valence-corrected chi connectivity index (χ0v) is 12.8. The second-order valence-electron chi connectivity index (χ2n) is 5.41. The van der Waals surface area contributed by atoms with E-state index in [-0.39, 0.29) is 24.5 Å². The Morgan fingerprint density at radius 2 is 2.05 bits per heavy atom. The summed E-state index contributed by atoms with van der Waals surface area (Å²) in [6.07, 6.45) is 1.08. The minimum atomic E-state index is -3.79. The summed E-state index contributed by atoms with van der Waals surface area (Å²) in [5, 5.41) is 22.0. The highest BCUT2D eigenvalue weighted by Crippen LogP contribution is 2.36. The molecular formula is C12H19N3O5S. The van der Waals surface area contributed by atoms with Crippen LogP contribution in [0.3, 0.4) is 0 Å². The van der Waals surface area contributed by atoms with Crippen LogP contribution in [0.4, 0.5) is 0 Å². The fourth-order valence-electron chi connectivity index (χ4n) is 2.27. The van der Waals surface area contributed by atoms with Gasteiger partial charge in [0.2, 0.25) is 10.0 Å². The van der Waals surface area contributed by atoms with Crippen LogP contribution >= 0.6 is 0 Å². The highest BCUT2D eigenvalue weighted by Gasteiger charge is 2.46. The van der Waals surface area contributed by atoms with Crippen molar-refractivity contribution in [3.05, 3.63) is 11.4 Å². The molecule has 0 aromatic carbocycles. The Labute approximate surface area is 122 Å². The zero-order chi connectivity index (χ0) is 15.8. The van der Waals surface area contributed by atoms with Gasteiger partial charge in [0, 0.05) is 0 Å². The summed E-state index contributed by atoms with van der Waals surface area (Å²) in [6, 6.07) is 0. The quantitative estimate of drug-likeness (QED) is 0.639. The van der Waals surface area contributed by atoms with Gasteiger partial charge in [-0.05, 0) is 26.7 Å². The van der Waals surface area contributed by atoms with Gasteiger partial charge in [0.25, 0.3) is 0 Å². The van der Waals surface area contributed by atoms with E-state index < -0.39 is 21.5 Å². The van der Waals surface area contributed by atoms with Gasteiger partial charge in [0.15, 0.2) is 0 Å². The molecule has 0 spiro atoms. The van der Waals surface area contributed by atoms with Gasteiger partial charge in [-0.25, -0.2) is 13.1 Å². The van der Waals surface area contributed by atoms with Crippen LogP contribution < -0.4 is 4.72 Å². The molecule has 1 fully saturated rings. The summed E-state index contributed by atoms with van der Waals surface area (Å²) >= 11 is 0. The van der Waals surface area contributed by atoms with E-state index in [1.807, 2.05) is 0 Å². The molecule has 118 valence electrons. The lowest BCUT2D eigenvalue weighted by atomic mass is 10.3. The van der Waals surface area contributed by atoms with Crippen LogP contribution in [0, 0.1) is 13.8 Å². The minimum absolute atomic E-state index is 0.0626. The van der Waals surface area contributed by atoms with E-state index in [4.69, 9.17) is 5.11 Å². The van der Waals surface area contributed by atoms with Crippen molar-refractivity contribution in [2.75, 3.05) is 6.61 Å². The fourth-order valence-corrected chi connectivity index (χ4v) is 4.13. The summed E-state index contributed by atoms with van der Waals surface area (Å²) in [4.78, 5) is 10.7. The predicted molar refractivity (Wildman–Crippen MR) is 73.3 cm³/mol. The molecule has 8 nitrogen and oxygen atoms in total. The molecule has 0 radical (unpaired) electrons. The topological polar surface area (TPSA) is 122 Å². The number of carbonyl (C=O) groups is 1. The largest absolute Gasteiger partial charge is 0.481 e. The second-order valence-corrected chi connectivity index (χ2v) is 7.03. The predicted octanol–water partition coefficient (Wildman–Crippen LogP) is -0.222. The number of nitrogens with zero attached hydrogens (tertiary/aromatic N) is 2. The average molecular weight is 317 g/mol. The molecule has 0 saturated heterocycles. The van der Waals surface area contributed by atoms with Crippen LogP contribution in [0.5, 0.6) is 0 Å². The fraction of sp³-hybridized carbons (Fsp3) is 0.667. The number of carboxylic acids is 1. The van der Waals surface area contributed by atoms with E-state index >= 15 is 0 Å². The van der Waals surface area contributed by atoms with Crippen LogP contribution in [0.1, 0.15) is 30.7 Å². The van der Waals surface area contributed by atoms with Crippen LogP contribution in [0.25, 0.3) is 0 Å². The van der Waals surface area contributed by atoms with Crippen LogP contribution in [-0.4, -0.2) is 46.5 Å². The van der Waals surface area contributed by atoms with Crippen molar-refractivity contribution in [2.24, 2.45) is 0 Å². The molecule has 0 aliphatic heterocycles. The van der Waals surface area contributed by atoms with Crippen molar-refractivity contribution in [2.45, 2.75) is 50.1 Å². The first kappa shape index (κ1) is 15.9. The molecule has 1 aliphatic carbocycles. The molecule has 1 heterocycles. The average Bonchev–Trinajstić information content (AvgIpc) is 3.06. The molecule has 0 unspecified atom stereocenters. The van der Waals surface area contributed by atoms with E-state index in [0.29, 0.717) is 24.2 Å². The number of hydrogen-bond acceptors (Lipinski definition) is 5. The molecule has 1 aliphatic rings. The number of aromatic nitrogens is 2. The Bertz CT molecular complexity index is 661. The monoisotopic (exact) mass is 317 g/mol. The zero-order valence-electron chi connectivity index (χ0n) is 12.0. The third kappa shape index (κ3) is 3.25. The van der Waals surface area contributed by atoms with Crippen LogP contribution in [-0.2, 0) is 21.4 Å². The number of nitrogens with one attached hydrogen (secondary N) is 1. The molecular weight excluding hydrogens is 298 g/mol. The Hall–Kier alpha value is -1.45. The number of aliphatic hydroxyl groups is 1. The first-order valence-corrected chi connectivity index (χ1v) is 8.10. The van der Waals surface area contributed by atoms with E-state index in [2.05, 4.69) is 9.82 Å². The van der Waals surface area contributed by atoms with Crippen molar-refractivity contribution in [1.29, 1.82) is 0 Å². The molecule has 0 bridgehead atoms. The third-order valence-corrected chi connectivity index (χ3v) is 5.46. The lowest BCUT2D eigenvalue weighted by Crippen LogP contribution is -2.39.